The Morgan fingerprint density at radius 2 is 2.07 bits per heavy atom. The summed E-state index contributed by atoms with van der Waals surface area (Å²) >= 11 is 0. The third-order valence-corrected chi connectivity index (χ3v) is 5.43. The lowest BCUT2D eigenvalue weighted by Crippen LogP contribution is -2.49. The highest BCUT2D eigenvalue weighted by Crippen LogP contribution is 2.29. The van der Waals surface area contributed by atoms with Crippen LogP contribution in [0.15, 0.2) is 51.7 Å². The van der Waals surface area contributed by atoms with Crippen LogP contribution in [-0.4, -0.2) is 32.8 Å². The summed E-state index contributed by atoms with van der Waals surface area (Å²) in [5, 5.41) is 4.37. The Hall–Kier alpha value is -2.79. The van der Waals surface area contributed by atoms with Crippen molar-refractivity contribution < 1.29 is 9.15 Å². The molecule has 1 aliphatic rings. The summed E-state index contributed by atoms with van der Waals surface area (Å²) in [4.78, 5) is 15.0. The summed E-state index contributed by atoms with van der Waals surface area (Å²) in [6.45, 7) is 7.10. The van der Waals surface area contributed by atoms with Gasteiger partial charge in [0.15, 0.2) is 0 Å². The first-order valence-electron chi connectivity index (χ1n) is 9.82. The molecule has 0 bridgehead atoms. The molecular formula is C23H26N2O3. The van der Waals surface area contributed by atoms with Crippen LogP contribution in [0.25, 0.3) is 22.1 Å². The first-order chi connectivity index (χ1) is 13.6. The number of hydrogen-bond donors (Lipinski definition) is 1. The van der Waals surface area contributed by atoms with Crippen molar-refractivity contribution in [2.45, 2.75) is 26.3 Å². The molecule has 1 saturated heterocycles. The zero-order valence-electron chi connectivity index (χ0n) is 16.6. The zero-order valence-corrected chi connectivity index (χ0v) is 16.6. The predicted molar refractivity (Wildman–Crippen MR) is 114 cm³/mol. The number of nitrogens with zero attached hydrogens (tertiary/aromatic N) is 1. The maximum atomic E-state index is 12.7. The van der Waals surface area contributed by atoms with Crippen molar-refractivity contribution in [1.29, 1.82) is 0 Å². The number of anilines is 1. The minimum Gasteiger partial charge on any atom is -0.496 e. The second-order valence-corrected chi connectivity index (χ2v) is 7.35. The normalized spacial score (nSPS) is 17.1. The smallest absolute Gasteiger partial charge is 0.344 e. The van der Waals surface area contributed by atoms with E-state index in [4.69, 9.17) is 9.15 Å². The number of methoxy groups -OCH3 is 1. The van der Waals surface area contributed by atoms with E-state index in [1.165, 1.54) is 0 Å². The van der Waals surface area contributed by atoms with Gasteiger partial charge in [-0.2, -0.15) is 0 Å². The van der Waals surface area contributed by atoms with Gasteiger partial charge < -0.3 is 19.4 Å². The van der Waals surface area contributed by atoms with Crippen LogP contribution in [0.5, 0.6) is 5.75 Å². The van der Waals surface area contributed by atoms with E-state index in [1.807, 2.05) is 36.4 Å². The molecule has 3 aromatic rings. The molecule has 0 aliphatic carbocycles. The fraction of sp³-hybridized carbons (Fsp3) is 0.348. The molecule has 5 nitrogen and oxygen atoms in total. The fourth-order valence-electron chi connectivity index (χ4n) is 3.89. The monoisotopic (exact) mass is 378 g/mol. The molecule has 1 aromatic heterocycles. The molecule has 0 radical (unpaired) electrons. The maximum absolute atomic E-state index is 12.7. The van der Waals surface area contributed by atoms with Gasteiger partial charge in [-0.05, 0) is 54.8 Å². The Kier molecular flexibility index (Phi) is 5.09. The van der Waals surface area contributed by atoms with Gasteiger partial charge in [0.05, 0.1) is 12.7 Å². The van der Waals surface area contributed by atoms with E-state index >= 15 is 0 Å². The topological polar surface area (TPSA) is 54.7 Å². The lowest BCUT2D eigenvalue weighted by molar-refractivity contribution is 0.410. The molecule has 2 heterocycles. The second kappa shape index (κ2) is 7.68. The Bertz CT molecular complexity index is 1060. The van der Waals surface area contributed by atoms with Gasteiger partial charge in [0, 0.05) is 42.8 Å². The molecule has 1 aliphatic heterocycles. The lowest BCUT2D eigenvalue weighted by atomic mass is 10.0. The van der Waals surface area contributed by atoms with Crippen molar-refractivity contribution >= 4 is 16.7 Å². The van der Waals surface area contributed by atoms with Crippen LogP contribution in [0.3, 0.4) is 0 Å². The highest BCUT2D eigenvalue weighted by Gasteiger charge is 2.17. The van der Waals surface area contributed by atoms with E-state index in [9.17, 15) is 4.79 Å². The van der Waals surface area contributed by atoms with Crippen molar-refractivity contribution in [3.05, 3.63) is 58.4 Å². The van der Waals surface area contributed by atoms with Gasteiger partial charge in [-0.15, -0.1) is 0 Å². The van der Waals surface area contributed by atoms with Crippen LogP contribution in [-0.2, 0) is 6.42 Å². The summed E-state index contributed by atoms with van der Waals surface area (Å²) in [6.07, 6.45) is 0.836. The minimum absolute atomic E-state index is 0.314. The van der Waals surface area contributed by atoms with Gasteiger partial charge in [-0.1, -0.05) is 13.0 Å². The van der Waals surface area contributed by atoms with Crippen LogP contribution < -0.4 is 20.6 Å². The standard InChI is InChI=1S/C23H26N2O3/c1-4-16-11-17(6-8-21(16)27-3)20-12-18-5-7-19(13-22(18)28-23(20)26)25-10-9-24-15(2)14-25/h5-8,11-13,15,24H,4,9-10,14H2,1-3H3/t15-/m0/s1. The zero-order chi connectivity index (χ0) is 19.7. The molecule has 2 aromatic carbocycles. The van der Waals surface area contributed by atoms with E-state index in [1.54, 1.807) is 7.11 Å². The first-order valence-corrected chi connectivity index (χ1v) is 9.82. The fourth-order valence-corrected chi connectivity index (χ4v) is 3.89. The summed E-state index contributed by atoms with van der Waals surface area (Å²) in [5.74, 6) is 0.839. The summed E-state index contributed by atoms with van der Waals surface area (Å²) in [5.41, 5.74) is 3.91. The number of aryl methyl sites for hydroxylation is 1. The highest BCUT2D eigenvalue weighted by atomic mass is 16.5. The Morgan fingerprint density at radius 3 is 2.82 bits per heavy atom. The first kappa shape index (κ1) is 18.6. The molecule has 0 saturated carbocycles. The van der Waals surface area contributed by atoms with Gasteiger partial charge in [0.2, 0.25) is 0 Å². The van der Waals surface area contributed by atoms with Crippen LogP contribution in [0.1, 0.15) is 19.4 Å². The van der Waals surface area contributed by atoms with Crippen molar-refractivity contribution in [2.24, 2.45) is 0 Å². The molecule has 5 heteroatoms. The van der Waals surface area contributed by atoms with E-state index in [-0.39, 0.29) is 5.63 Å². The second-order valence-electron chi connectivity index (χ2n) is 7.35. The molecule has 4 rings (SSSR count). The SMILES string of the molecule is CCc1cc(-c2cc3ccc(N4CCN[C@@H](C)C4)cc3oc2=O)ccc1OC. The molecule has 0 amide bonds. The molecule has 28 heavy (non-hydrogen) atoms. The quantitative estimate of drug-likeness (QED) is 0.700. The van der Waals surface area contributed by atoms with Crippen molar-refractivity contribution in [3.63, 3.8) is 0 Å². The van der Waals surface area contributed by atoms with Crippen molar-refractivity contribution in [1.82, 2.24) is 5.32 Å². The molecule has 146 valence electrons. The summed E-state index contributed by atoms with van der Waals surface area (Å²) in [6, 6.07) is 14.3. The predicted octanol–water partition coefficient (Wildman–Crippen LogP) is 3.83. The Balaban J connectivity index is 1.73. The number of nitrogens with one attached hydrogen (secondary N) is 1. The van der Waals surface area contributed by atoms with E-state index in [2.05, 4.69) is 30.1 Å². The van der Waals surface area contributed by atoms with Crippen molar-refractivity contribution in [3.8, 4) is 16.9 Å². The van der Waals surface area contributed by atoms with Crippen LogP contribution in [0.2, 0.25) is 0 Å². The maximum Gasteiger partial charge on any atom is 0.344 e. The number of fused-ring (bicyclic) bond motifs is 1. The summed E-state index contributed by atoms with van der Waals surface area (Å²) in [7, 11) is 1.66. The average molecular weight is 378 g/mol. The lowest BCUT2D eigenvalue weighted by Gasteiger charge is -2.33. The molecule has 1 fully saturated rings. The number of benzene rings is 2. The van der Waals surface area contributed by atoms with E-state index in [0.717, 1.165) is 54.0 Å². The largest absolute Gasteiger partial charge is 0.496 e. The molecule has 0 unspecified atom stereocenters. The number of ether oxygens (including phenoxy) is 1. The minimum atomic E-state index is -0.314. The van der Waals surface area contributed by atoms with Crippen molar-refractivity contribution in [2.75, 3.05) is 31.6 Å². The average Bonchev–Trinajstić information content (AvgIpc) is 2.72. The number of piperazine rings is 1. The van der Waals surface area contributed by atoms with Gasteiger partial charge >= 0.3 is 5.63 Å². The van der Waals surface area contributed by atoms with Gasteiger partial charge in [0.25, 0.3) is 0 Å². The number of hydrogen-bond acceptors (Lipinski definition) is 5. The Morgan fingerprint density at radius 1 is 1.21 bits per heavy atom. The molecular weight excluding hydrogens is 352 g/mol. The van der Waals surface area contributed by atoms with Gasteiger partial charge in [-0.25, -0.2) is 4.79 Å². The molecule has 0 spiro atoms. The summed E-state index contributed by atoms with van der Waals surface area (Å²) < 4.78 is 11.1. The van der Waals surface area contributed by atoms with Crippen LogP contribution >= 0.6 is 0 Å². The third-order valence-electron chi connectivity index (χ3n) is 5.43. The van der Waals surface area contributed by atoms with Gasteiger partial charge in [-0.3, -0.25) is 0 Å². The van der Waals surface area contributed by atoms with Crippen LogP contribution in [0.4, 0.5) is 5.69 Å². The molecule has 1 N–H and O–H groups in total. The van der Waals surface area contributed by atoms with Gasteiger partial charge in [0.1, 0.15) is 11.3 Å². The van der Waals surface area contributed by atoms with Crippen LogP contribution in [0, 0.1) is 0 Å². The van der Waals surface area contributed by atoms with E-state index in [0.29, 0.717) is 17.2 Å². The highest BCUT2D eigenvalue weighted by molar-refractivity contribution is 5.84. The number of rotatable bonds is 4. The molecule has 1 atom stereocenters. The third kappa shape index (κ3) is 3.50. The Labute approximate surface area is 164 Å². The van der Waals surface area contributed by atoms with E-state index < -0.39 is 0 Å².